The first-order valence-corrected chi connectivity index (χ1v) is 10.7. The molecule has 3 rings (SSSR count). The minimum Gasteiger partial charge on any atom is -0.373 e. The smallest absolute Gasteiger partial charge is 0.191 e. The molecule has 1 fully saturated rings. The number of ether oxygens (including phenoxy) is 1. The van der Waals surface area contributed by atoms with E-state index in [0.717, 1.165) is 44.3 Å². The van der Waals surface area contributed by atoms with Crippen molar-refractivity contribution in [2.24, 2.45) is 16.8 Å². The van der Waals surface area contributed by atoms with Gasteiger partial charge in [-0.3, -0.25) is 4.99 Å². The number of aryl methyl sites for hydroxylation is 1. The predicted octanol–water partition coefficient (Wildman–Crippen LogP) is 4.30. The number of halogens is 1. The van der Waals surface area contributed by atoms with Crippen molar-refractivity contribution in [2.45, 2.75) is 52.8 Å². The number of rotatable bonds is 7. The SMILES string of the molecule is CN=C(NCc1nccn1CC(C)C)NCC1CCCOC1c1ccc(C)cc1.I. The second kappa shape index (κ2) is 12.3. The lowest BCUT2D eigenvalue weighted by molar-refractivity contribution is -0.0265. The number of aliphatic imine (C=N–C) groups is 1. The van der Waals surface area contributed by atoms with Crippen LogP contribution in [0.15, 0.2) is 41.7 Å². The van der Waals surface area contributed by atoms with Crippen molar-refractivity contribution in [3.8, 4) is 0 Å². The summed E-state index contributed by atoms with van der Waals surface area (Å²) in [7, 11) is 1.81. The monoisotopic (exact) mass is 525 g/mol. The van der Waals surface area contributed by atoms with Crippen molar-refractivity contribution in [2.75, 3.05) is 20.2 Å². The molecule has 30 heavy (non-hydrogen) atoms. The molecule has 1 saturated heterocycles. The van der Waals surface area contributed by atoms with Crippen LogP contribution in [0.1, 0.15) is 49.7 Å². The zero-order valence-electron chi connectivity index (χ0n) is 18.6. The predicted molar refractivity (Wildman–Crippen MR) is 133 cm³/mol. The Kier molecular flexibility index (Phi) is 10.1. The summed E-state index contributed by atoms with van der Waals surface area (Å²) >= 11 is 0. The van der Waals surface area contributed by atoms with Gasteiger partial charge in [-0.1, -0.05) is 43.7 Å². The standard InChI is InChI=1S/C23H35N5O.HI/c1-17(2)16-28-12-11-25-21(28)15-27-23(24-4)26-14-20-6-5-13-29-22(20)19-9-7-18(3)8-10-19;/h7-12,17,20,22H,5-6,13-16H2,1-4H3,(H2,24,26,27);1H. The fourth-order valence-corrected chi connectivity index (χ4v) is 3.85. The molecule has 1 aliphatic rings. The highest BCUT2D eigenvalue weighted by Gasteiger charge is 2.27. The van der Waals surface area contributed by atoms with Crippen molar-refractivity contribution in [1.82, 2.24) is 20.2 Å². The molecule has 2 heterocycles. The van der Waals surface area contributed by atoms with Gasteiger partial charge in [-0.05, 0) is 31.2 Å². The lowest BCUT2D eigenvalue weighted by atomic mass is 9.89. The summed E-state index contributed by atoms with van der Waals surface area (Å²) in [5.74, 6) is 2.84. The van der Waals surface area contributed by atoms with E-state index in [4.69, 9.17) is 4.74 Å². The molecule has 1 aliphatic heterocycles. The summed E-state index contributed by atoms with van der Waals surface area (Å²) in [6.45, 7) is 9.84. The third-order valence-electron chi connectivity index (χ3n) is 5.38. The number of nitrogens with zero attached hydrogens (tertiary/aromatic N) is 3. The van der Waals surface area contributed by atoms with Crippen molar-refractivity contribution in [1.29, 1.82) is 0 Å². The summed E-state index contributed by atoms with van der Waals surface area (Å²) in [5.41, 5.74) is 2.54. The van der Waals surface area contributed by atoms with E-state index in [1.54, 1.807) is 0 Å². The van der Waals surface area contributed by atoms with E-state index >= 15 is 0 Å². The van der Waals surface area contributed by atoms with Crippen LogP contribution >= 0.6 is 24.0 Å². The van der Waals surface area contributed by atoms with Gasteiger partial charge in [0.25, 0.3) is 0 Å². The highest BCUT2D eigenvalue weighted by atomic mass is 127. The Hall–Kier alpha value is -1.61. The van der Waals surface area contributed by atoms with Gasteiger partial charge >= 0.3 is 0 Å². The third-order valence-corrected chi connectivity index (χ3v) is 5.38. The molecule has 0 saturated carbocycles. The van der Waals surface area contributed by atoms with Crippen molar-refractivity contribution in [3.05, 3.63) is 53.6 Å². The second-order valence-electron chi connectivity index (χ2n) is 8.30. The first kappa shape index (κ1) is 24.7. The van der Waals surface area contributed by atoms with Crippen LogP contribution in [0.3, 0.4) is 0 Å². The molecule has 2 unspecified atom stereocenters. The average molecular weight is 525 g/mol. The minimum absolute atomic E-state index is 0. The van der Waals surface area contributed by atoms with Gasteiger partial charge in [0.05, 0.1) is 12.6 Å². The highest BCUT2D eigenvalue weighted by Crippen LogP contribution is 2.33. The van der Waals surface area contributed by atoms with Crippen LogP contribution in [-0.4, -0.2) is 35.7 Å². The number of nitrogens with one attached hydrogen (secondary N) is 2. The highest BCUT2D eigenvalue weighted by molar-refractivity contribution is 14.0. The van der Waals surface area contributed by atoms with E-state index in [-0.39, 0.29) is 30.1 Å². The zero-order chi connectivity index (χ0) is 20.6. The summed E-state index contributed by atoms with van der Waals surface area (Å²) < 4.78 is 8.34. The third kappa shape index (κ3) is 6.97. The first-order chi connectivity index (χ1) is 14.1. The summed E-state index contributed by atoms with van der Waals surface area (Å²) in [5, 5.41) is 6.90. The Balaban J connectivity index is 0.00000320. The van der Waals surface area contributed by atoms with E-state index in [1.807, 2.05) is 19.4 Å². The number of hydrogen-bond acceptors (Lipinski definition) is 3. The van der Waals surface area contributed by atoms with Gasteiger partial charge in [-0.25, -0.2) is 4.98 Å². The number of hydrogen-bond donors (Lipinski definition) is 2. The van der Waals surface area contributed by atoms with E-state index in [2.05, 4.69) is 70.2 Å². The number of imidazole rings is 1. The molecule has 2 aromatic rings. The molecule has 1 aromatic heterocycles. The van der Waals surface area contributed by atoms with Crippen LogP contribution in [0.4, 0.5) is 0 Å². The lowest BCUT2D eigenvalue weighted by Crippen LogP contribution is -2.42. The maximum atomic E-state index is 6.14. The van der Waals surface area contributed by atoms with Gasteiger partial charge in [-0.15, -0.1) is 24.0 Å². The quantitative estimate of drug-likeness (QED) is 0.322. The lowest BCUT2D eigenvalue weighted by Gasteiger charge is -2.32. The van der Waals surface area contributed by atoms with Gasteiger partial charge in [0.1, 0.15) is 5.82 Å². The Bertz CT molecular complexity index is 787. The van der Waals surface area contributed by atoms with Crippen molar-refractivity contribution >= 4 is 29.9 Å². The van der Waals surface area contributed by atoms with Gasteiger partial charge in [-0.2, -0.15) is 0 Å². The van der Waals surface area contributed by atoms with Gasteiger partial charge in [0.15, 0.2) is 5.96 Å². The van der Waals surface area contributed by atoms with Crippen LogP contribution in [-0.2, 0) is 17.8 Å². The summed E-state index contributed by atoms with van der Waals surface area (Å²) in [4.78, 5) is 8.87. The van der Waals surface area contributed by atoms with Gasteiger partial charge < -0.3 is 19.9 Å². The maximum absolute atomic E-state index is 6.14. The molecule has 0 spiro atoms. The fraction of sp³-hybridized carbons (Fsp3) is 0.565. The van der Waals surface area contributed by atoms with Crippen LogP contribution < -0.4 is 10.6 Å². The average Bonchev–Trinajstić information content (AvgIpc) is 3.15. The molecule has 0 aliphatic carbocycles. The van der Waals surface area contributed by atoms with Crippen molar-refractivity contribution < 1.29 is 4.74 Å². The maximum Gasteiger partial charge on any atom is 0.191 e. The largest absolute Gasteiger partial charge is 0.373 e. The molecule has 6 nitrogen and oxygen atoms in total. The molecule has 1 aromatic carbocycles. The molecule has 2 atom stereocenters. The van der Waals surface area contributed by atoms with Gasteiger partial charge in [0, 0.05) is 45.1 Å². The topological polar surface area (TPSA) is 63.5 Å². The summed E-state index contributed by atoms with van der Waals surface area (Å²) in [6, 6.07) is 8.72. The normalized spacial score (nSPS) is 19.4. The molecule has 7 heteroatoms. The molecule has 2 N–H and O–H groups in total. The molecular weight excluding hydrogens is 489 g/mol. The van der Waals surface area contributed by atoms with Crippen LogP contribution in [0.5, 0.6) is 0 Å². The van der Waals surface area contributed by atoms with E-state index in [9.17, 15) is 0 Å². The van der Waals surface area contributed by atoms with Crippen molar-refractivity contribution in [3.63, 3.8) is 0 Å². The molecular formula is C23H36IN5O. The Morgan fingerprint density at radius 3 is 2.73 bits per heavy atom. The number of guanidine groups is 1. The van der Waals surface area contributed by atoms with Crippen LogP contribution in [0.2, 0.25) is 0 Å². The fourth-order valence-electron chi connectivity index (χ4n) is 3.85. The molecule has 166 valence electrons. The molecule has 0 radical (unpaired) electrons. The second-order valence-corrected chi connectivity index (χ2v) is 8.30. The van der Waals surface area contributed by atoms with E-state index in [1.165, 1.54) is 11.1 Å². The number of aromatic nitrogens is 2. The van der Waals surface area contributed by atoms with E-state index < -0.39 is 0 Å². The number of benzene rings is 1. The zero-order valence-corrected chi connectivity index (χ0v) is 20.9. The molecule has 0 bridgehead atoms. The van der Waals surface area contributed by atoms with Gasteiger partial charge in [0.2, 0.25) is 0 Å². The summed E-state index contributed by atoms with van der Waals surface area (Å²) in [6.07, 6.45) is 6.30. The molecule has 0 amide bonds. The van der Waals surface area contributed by atoms with Crippen LogP contribution in [0.25, 0.3) is 0 Å². The Labute approximate surface area is 197 Å². The minimum atomic E-state index is 0. The Morgan fingerprint density at radius 2 is 2.03 bits per heavy atom. The Morgan fingerprint density at radius 1 is 1.27 bits per heavy atom. The van der Waals surface area contributed by atoms with E-state index in [0.29, 0.717) is 18.4 Å². The first-order valence-electron chi connectivity index (χ1n) is 10.7. The van der Waals surface area contributed by atoms with Crippen LogP contribution in [0, 0.1) is 18.8 Å².